The molecule has 1 N–H and O–H groups in total. The Labute approximate surface area is 221 Å². The van der Waals surface area contributed by atoms with Gasteiger partial charge in [-0.25, -0.2) is 0 Å². The van der Waals surface area contributed by atoms with Crippen LogP contribution in [-0.4, -0.2) is 46.8 Å². The monoisotopic (exact) mass is 530 g/mol. The first-order chi connectivity index (χ1) is 15.6. The van der Waals surface area contributed by atoms with E-state index in [2.05, 4.69) is 94.6 Å². The Bertz CT molecular complexity index is 642. The van der Waals surface area contributed by atoms with E-state index >= 15 is 0 Å². The first-order valence-corrected chi connectivity index (χ1v) is 19.8. The smallest absolute Gasteiger partial charge is 0.195 e. The number of aliphatic hydroxyl groups excluding tert-OH is 1. The maximum absolute atomic E-state index is 11.5. The molecule has 4 nitrogen and oxygen atoms in total. The maximum Gasteiger partial charge on any atom is 0.195 e. The van der Waals surface area contributed by atoms with Crippen LogP contribution >= 0.6 is 0 Å². The van der Waals surface area contributed by atoms with Gasteiger partial charge >= 0.3 is 0 Å². The van der Waals surface area contributed by atoms with Crippen molar-refractivity contribution in [3.63, 3.8) is 0 Å². The zero-order chi connectivity index (χ0) is 27.9. The molecule has 6 heteroatoms. The highest BCUT2D eigenvalue weighted by Gasteiger charge is 2.46. The molecule has 0 fully saturated rings. The van der Waals surface area contributed by atoms with E-state index in [0.717, 1.165) is 18.4 Å². The summed E-state index contributed by atoms with van der Waals surface area (Å²) in [7, 11) is -3.93. The molecule has 0 radical (unpaired) electrons. The lowest BCUT2D eigenvalue weighted by Gasteiger charge is -2.45. The maximum atomic E-state index is 11.5. The van der Waals surface area contributed by atoms with Gasteiger partial charge in [0.1, 0.15) is 0 Å². The fraction of sp³-hybridized carbons (Fsp3) is 0.931. The summed E-state index contributed by atoms with van der Waals surface area (Å²) in [5, 5.41) is 11.7. The molecular weight excluding hydrogens is 468 g/mol. The molecule has 0 heterocycles. The van der Waals surface area contributed by atoms with Crippen molar-refractivity contribution >= 4 is 16.6 Å². The van der Waals surface area contributed by atoms with Crippen molar-refractivity contribution in [1.29, 1.82) is 0 Å². The first-order valence-electron chi connectivity index (χ1n) is 14.0. The molecule has 0 aliphatic carbocycles. The van der Waals surface area contributed by atoms with Crippen LogP contribution in [0.3, 0.4) is 0 Å². The van der Waals surface area contributed by atoms with Gasteiger partial charge < -0.3 is 18.7 Å². The summed E-state index contributed by atoms with van der Waals surface area (Å²) in [5.74, 6) is 0. The second-order valence-electron chi connectivity index (χ2n) is 14.1. The van der Waals surface area contributed by atoms with Gasteiger partial charge in [0.25, 0.3) is 0 Å². The quantitative estimate of drug-likeness (QED) is 0.0992. The standard InChI is InChI=1S/C29H62O4Si2/c1-16-18-19-20-24(32-34(12,13)27(4,5)6)22-21-23(3)25(30)29(10,11)26(31-17-2)33-35(14,15)28(7,8)9/h21,24-26,30H,16-20,22H2,1-15H3/b23-21+/t24-,25-,26?/m1/s1. The van der Waals surface area contributed by atoms with E-state index in [-0.39, 0.29) is 16.2 Å². The average molecular weight is 531 g/mol. The van der Waals surface area contributed by atoms with E-state index in [0.29, 0.717) is 6.61 Å². The van der Waals surface area contributed by atoms with Crippen LogP contribution in [0.4, 0.5) is 0 Å². The van der Waals surface area contributed by atoms with Crippen LogP contribution in [0.15, 0.2) is 11.6 Å². The van der Waals surface area contributed by atoms with Crippen molar-refractivity contribution in [2.75, 3.05) is 6.61 Å². The number of hydrogen-bond donors (Lipinski definition) is 1. The molecule has 1 unspecified atom stereocenters. The van der Waals surface area contributed by atoms with E-state index in [4.69, 9.17) is 13.6 Å². The minimum Gasteiger partial charge on any atom is -0.414 e. The van der Waals surface area contributed by atoms with Crippen molar-refractivity contribution in [2.24, 2.45) is 5.41 Å². The van der Waals surface area contributed by atoms with Gasteiger partial charge in [0.15, 0.2) is 22.9 Å². The normalized spacial score (nSPS) is 17.4. The van der Waals surface area contributed by atoms with Gasteiger partial charge in [0.05, 0.1) is 6.10 Å². The fourth-order valence-electron chi connectivity index (χ4n) is 3.58. The number of unbranched alkanes of at least 4 members (excludes halogenated alkanes) is 2. The molecule has 0 aromatic rings. The molecule has 210 valence electrons. The van der Waals surface area contributed by atoms with E-state index in [1.807, 2.05) is 13.8 Å². The summed E-state index contributed by atoms with van der Waals surface area (Å²) in [5.41, 5.74) is 0.391. The number of aliphatic hydroxyl groups is 1. The topological polar surface area (TPSA) is 47.9 Å². The molecule has 0 saturated carbocycles. The molecule has 0 aromatic heterocycles. The summed E-state index contributed by atoms with van der Waals surface area (Å²) in [6.07, 6.45) is 6.80. The Morgan fingerprint density at radius 3 is 1.74 bits per heavy atom. The van der Waals surface area contributed by atoms with Crippen LogP contribution in [0.5, 0.6) is 0 Å². The van der Waals surface area contributed by atoms with Gasteiger partial charge in [0.2, 0.25) is 0 Å². The van der Waals surface area contributed by atoms with Gasteiger partial charge in [-0.15, -0.1) is 0 Å². The minimum absolute atomic E-state index is 0.0705. The van der Waals surface area contributed by atoms with Crippen molar-refractivity contribution in [3.05, 3.63) is 11.6 Å². The summed E-state index contributed by atoms with van der Waals surface area (Å²) in [6.45, 7) is 33.7. The number of hydrogen-bond acceptors (Lipinski definition) is 4. The molecule has 0 aliphatic heterocycles. The van der Waals surface area contributed by atoms with Crippen molar-refractivity contribution in [2.45, 2.75) is 163 Å². The Kier molecular flexibility index (Phi) is 13.7. The third-order valence-electron chi connectivity index (χ3n) is 8.37. The van der Waals surface area contributed by atoms with Crippen LogP contribution in [0.25, 0.3) is 0 Å². The molecule has 35 heavy (non-hydrogen) atoms. The Morgan fingerprint density at radius 2 is 1.31 bits per heavy atom. The Morgan fingerprint density at radius 1 is 0.829 bits per heavy atom. The van der Waals surface area contributed by atoms with Crippen LogP contribution in [-0.2, 0) is 13.6 Å². The van der Waals surface area contributed by atoms with Gasteiger partial charge in [-0.05, 0) is 68.5 Å². The third-order valence-corrected chi connectivity index (χ3v) is 17.3. The van der Waals surface area contributed by atoms with Gasteiger partial charge in [0, 0.05) is 18.1 Å². The predicted octanol–water partition coefficient (Wildman–Crippen LogP) is 9.07. The summed E-state index contributed by atoms with van der Waals surface area (Å²) in [4.78, 5) is 0. The molecule has 0 spiro atoms. The fourth-order valence-corrected chi connectivity index (χ4v) is 6.24. The second kappa shape index (κ2) is 13.7. The summed E-state index contributed by atoms with van der Waals surface area (Å²) >= 11 is 0. The molecule has 0 aromatic carbocycles. The van der Waals surface area contributed by atoms with E-state index in [1.54, 1.807) is 0 Å². The highest BCUT2D eigenvalue weighted by Crippen LogP contribution is 2.42. The van der Waals surface area contributed by atoms with Gasteiger partial charge in [-0.3, -0.25) is 0 Å². The lowest BCUT2D eigenvalue weighted by Crippen LogP contribution is -2.52. The minimum atomic E-state index is -2.07. The highest BCUT2D eigenvalue weighted by atomic mass is 28.4. The van der Waals surface area contributed by atoms with E-state index in [9.17, 15) is 5.11 Å². The van der Waals surface area contributed by atoms with Crippen LogP contribution in [0.2, 0.25) is 36.3 Å². The second-order valence-corrected chi connectivity index (χ2v) is 23.6. The number of ether oxygens (including phenoxy) is 1. The van der Waals surface area contributed by atoms with Crippen LogP contribution < -0.4 is 0 Å². The molecular formula is C29H62O4Si2. The molecule has 3 atom stereocenters. The molecule has 0 bridgehead atoms. The number of rotatable bonds is 15. The van der Waals surface area contributed by atoms with E-state index in [1.165, 1.54) is 19.3 Å². The van der Waals surface area contributed by atoms with Gasteiger partial charge in [-0.2, -0.15) is 0 Å². The SMILES string of the molecule is CCCCC[C@H](C/C=C(\C)[C@@H](O)C(C)(C)C(OCC)O[Si](C)(C)C(C)(C)C)O[Si](C)(C)C(C)(C)C. The van der Waals surface area contributed by atoms with Crippen molar-refractivity contribution in [3.8, 4) is 0 Å². The Hall–Kier alpha value is 0.0138. The van der Waals surface area contributed by atoms with Crippen molar-refractivity contribution < 1.29 is 18.7 Å². The van der Waals surface area contributed by atoms with Crippen molar-refractivity contribution in [1.82, 2.24) is 0 Å². The molecule has 0 amide bonds. The van der Waals surface area contributed by atoms with Crippen LogP contribution in [0.1, 0.15) is 108 Å². The van der Waals surface area contributed by atoms with Crippen LogP contribution in [0, 0.1) is 5.41 Å². The lowest BCUT2D eigenvalue weighted by atomic mass is 9.81. The average Bonchev–Trinajstić information content (AvgIpc) is 2.68. The molecule has 0 aliphatic rings. The molecule has 0 saturated heterocycles. The lowest BCUT2D eigenvalue weighted by molar-refractivity contribution is -0.177. The largest absolute Gasteiger partial charge is 0.414 e. The predicted molar refractivity (Wildman–Crippen MR) is 158 cm³/mol. The molecule has 0 rings (SSSR count). The third kappa shape index (κ3) is 10.7. The summed E-state index contributed by atoms with van der Waals surface area (Å²) in [6, 6.07) is 0. The first kappa shape index (κ1) is 35.0. The van der Waals surface area contributed by atoms with Gasteiger partial charge in [-0.1, -0.05) is 87.7 Å². The highest BCUT2D eigenvalue weighted by molar-refractivity contribution is 6.74. The zero-order valence-corrected chi connectivity index (χ0v) is 28.2. The Balaban J connectivity index is 5.74. The van der Waals surface area contributed by atoms with E-state index < -0.39 is 34.4 Å². The summed E-state index contributed by atoms with van der Waals surface area (Å²) < 4.78 is 19.6. The zero-order valence-electron chi connectivity index (χ0n) is 26.2.